The maximum atomic E-state index is 11.3. The van der Waals surface area contributed by atoms with Gasteiger partial charge in [-0.05, 0) is 12.3 Å². The van der Waals surface area contributed by atoms with E-state index in [2.05, 4.69) is 12.2 Å². The minimum Gasteiger partial charge on any atom is -0.480 e. The van der Waals surface area contributed by atoms with Gasteiger partial charge in [0.15, 0.2) is 0 Å². The molecule has 80 valence electrons. The molecule has 0 radical (unpaired) electrons. The molecule has 0 aromatic heterocycles. The normalized spacial score (nSPS) is 24.1. The van der Waals surface area contributed by atoms with Crippen molar-refractivity contribution in [3.8, 4) is 0 Å². The third kappa shape index (κ3) is 2.90. The number of hydrogen-bond acceptors (Lipinski definition) is 2. The van der Waals surface area contributed by atoms with E-state index < -0.39 is 5.97 Å². The number of carboxylic acid groups (broad SMARTS) is 1. The third-order valence-electron chi connectivity index (χ3n) is 2.47. The maximum absolute atomic E-state index is 11.3. The number of amides is 2. The maximum Gasteiger partial charge on any atom is 0.323 e. The summed E-state index contributed by atoms with van der Waals surface area (Å²) in [4.78, 5) is 22.8. The summed E-state index contributed by atoms with van der Waals surface area (Å²) in [6, 6.07) is -0.0444. The second-order valence-corrected chi connectivity index (χ2v) is 3.71. The van der Waals surface area contributed by atoms with Crippen LogP contribution in [0.1, 0.15) is 19.8 Å². The summed E-state index contributed by atoms with van der Waals surface area (Å²) in [5, 5.41) is 11.2. The summed E-state index contributed by atoms with van der Waals surface area (Å²) < 4.78 is 0. The number of aliphatic carboxylic acids is 1. The van der Waals surface area contributed by atoms with Crippen LogP contribution in [0.4, 0.5) is 4.79 Å². The van der Waals surface area contributed by atoms with Gasteiger partial charge in [-0.3, -0.25) is 4.79 Å². The number of rotatable bonds is 4. The number of carboxylic acids is 1. The first-order valence-corrected chi connectivity index (χ1v) is 4.78. The van der Waals surface area contributed by atoms with Gasteiger partial charge in [-0.25, -0.2) is 4.79 Å². The fourth-order valence-electron chi connectivity index (χ4n) is 1.42. The first-order valence-electron chi connectivity index (χ1n) is 4.78. The largest absolute Gasteiger partial charge is 0.480 e. The molecule has 1 aliphatic rings. The highest BCUT2D eigenvalue weighted by Crippen LogP contribution is 2.33. The molecule has 0 heterocycles. The van der Waals surface area contributed by atoms with Gasteiger partial charge in [0.2, 0.25) is 0 Å². The van der Waals surface area contributed by atoms with E-state index in [4.69, 9.17) is 5.11 Å². The quantitative estimate of drug-likeness (QED) is 0.694. The van der Waals surface area contributed by atoms with Crippen LogP contribution in [0, 0.1) is 5.92 Å². The monoisotopic (exact) mass is 200 g/mol. The number of carbonyl (C=O) groups excluding carboxylic acids is 1. The van der Waals surface area contributed by atoms with E-state index in [1.54, 1.807) is 0 Å². The van der Waals surface area contributed by atoms with Gasteiger partial charge >= 0.3 is 12.0 Å². The molecule has 1 fully saturated rings. The van der Waals surface area contributed by atoms with Crippen LogP contribution in [0.2, 0.25) is 0 Å². The topological polar surface area (TPSA) is 69.6 Å². The van der Waals surface area contributed by atoms with E-state index in [-0.39, 0.29) is 18.6 Å². The molecule has 0 spiro atoms. The second-order valence-electron chi connectivity index (χ2n) is 3.71. The van der Waals surface area contributed by atoms with E-state index in [0.717, 1.165) is 12.8 Å². The van der Waals surface area contributed by atoms with Crippen molar-refractivity contribution in [3.63, 3.8) is 0 Å². The van der Waals surface area contributed by atoms with Crippen LogP contribution in [-0.4, -0.2) is 41.6 Å². The van der Waals surface area contributed by atoms with Gasteiger partial charge < -0.3 is 15.3 Å². The summed E-state index contributed by atoms with van der Waals surface area (Å²) in [6.45, 7) is 1.83. The first kappa shape index (κ1) is 10.8. The van der Waals surface area contributed by atoms with E-state index in [0.29, 0.717) is 5.92 Å². The molecule has 2 amide bonds. The van der Waals surface area contributed by atoms with Gasteiger partial charge in [0.25, 0.3) is 0 Å². The highest BCUT2D eigenvalue weighted by molar-refractivity contribution is 5.80. The molecule has 1 saturated carbocycles. The smallest absolute Gasteiger partial charge is 0.323 e. The van der Waals surface area contributed by atoms with Crippen molar-refractivity contribution in [2.24, 2.45) is 5.92 Å². The van der Waals surface area contributed by atoms with E-state index in [1.807, 2.05) is 0 Å². The van der Waals surface area contributed by atoms with Crippen LogP contribution in [0.3, 0.4) is 0 Å². The SMILES string of the molecule is CCC1CC1NC(=O)N(C)CC(=O)O. The van der Waals surface area contributed by atoms with Crippen LogP contribution in [0.15, 0.2) is 0 Å². The molecule has 1 rings (SSSR count). The molecule has 0 saturated heterocycles. The molecular formula is C9H16N2O3. The minimum absolute atomic E-state index is 0.253. The first-order chi connectivity index (χ1) is 6.54. The Morgan fingerprint density at radius 2 is 2.21 bits per heavy atom. The van der Waals surface area contributed by atoms with Crippen LogP contribution >= 0.6 is 0 Å². The van der Waals surface area contributed by atoms with E-state index in [9.17, 15) is 9.59 Å². The number of nitrogens with one attached hydrogen (secondary N) is 1. The Kier molecular flexibility index (Phi) is 3.33. The fraction of sp³-hybridized carbons (Fsp3) is 0.778. The molecule has 5 nitrogen and oxygen atoms in total. The lowest BCUT2D eigenvalue weighted by Crippen LogP contribution is -2.41. The zero-order valence-corrected chi connectivity index (χ0v) is 8.49. The summed E-state index contributed by atoms with van der Waals surface area (Å²) in [5.41, 5.74) is 0. The number of hydrogen-bond donors (Lipinski definition) is 2. The molecule has 14 heavy (non-hydrogen) atoms. The number of carbonyl (C=O) groups is 2. The highest BCUT2D eigenvalue weighted by atomic mass is 16.4. The van der Waals surface area contributed by atoms with Gasteiger partial charge in [-0.15, -0.1) is 0 Å². The van der Waals surface area contributed by atoms with Gasteiger partial charge in [0, 0.05) is 13.1 Å². The standard InChI is InChI=1S/C9H16N2O3/c1-3-6-4-7(6)10-9(14)11(2)5-8(12)13/h6-7H,3-5H2,1-2H3,(H,10,14)(H,12,13). The highest BCUT2D eigenvalue weighted by Gasteiger charge is 2.37. The van der Waals surface area contributed by atoms with Crippen molar-refractivity contribution >= 4 is 12.0 Å². The van der Waals surface area contributed by atoms with Crippen molar-refractivity contribution in [2.45, 2.75) is 25.8 Å². The predicted octanol–water partition coefficient (Wildman–Crippen LogP) is 0.511. The summed E-state index contributed by atoms with van der Waals surface area (Å²) in [7, 11) is 1.48. The van der Waals surface area contributed by atoms with Gasteiger partial charge in [0.1, 0.15) is 6.54 Å². The number of nitrogens with zero attached hydrogens (tertiary/aromatic N) is 1. The average molecular weight is 200 g/mol. The molecule has 0 bridgehead atoms. The molecule has 2 N–H and O–H groups in total. The number of urea groups is 1. The van der Waals surface area contributed by atoms with Crippen molar-refractivity contribution in [1.82, 2.24) is 10.2 Å². The third-order valence-corrected chi connectivity index (χ3v) is 2.47. The lowest BCUT2D eigenvalue weighted by Gasteiger charge is -2.15. The Labute approximate surface area is 83.1 Å². The van der Waals surface area contributed by atoms with E-state index >= 15 is 0 Å². The summed E-state index contributed by atoms with van der Waals surface area (Å²) >= 11 is 0. The molecule has 1 aliphatic carbocycles. The fourth-order valence-corrected chi connectivity index (χ4v) is 1.42. The van der Waals surface area contributed by atoms with Gasteiger partial charge in [-0.1, -0.05) is 13.3 Å². The summed E-state index contributed by atoms with van der Waals surface area (Å²) in [6.07, 6.45) is 2.08. The Morgan fingerprint density at radius 3 is 2.64 bits per heavy atom. The predicted molar refractivity (Wildman–Crippen MR) is 51.0 cm³/mol. The van der Waals surface area contributed by atoms with E-state index in [1.165, 1.54) is 11.9 Å². The van der Waals surface area contributed by atoms with Gasteiger partial charge in [-0.2, -0.15) is 0 Å². The second kappa shape index (κ2) is 4.30. The van der Waals surface area contributed by atoms with Crippen molar-refractivity contribution in [2.75, 3.05) is 13.6 Å². The zero-order valence-electron chi connectivity index (χ0n) is 8.49. The van der Waals surface area contributed by atoms with Crippen molar-refractivity contribution in [3.05, 3.63) is 0 Å². The average Bonchev–Trinajstić information content (AvgIpc) is 2.82. The Morgan fingerprint density at radius 1 is 1.57 bits per heavy atom. The molecule has 2 atom stereocenters. The van der Waals surface area contributed by atoms with Gasteiger partial charge in [0.05, 0.1) is 0 Å². The van der Waals surface area contributed by atoms with Crippen LogP contribution < -0.4 is 5.32 Å². The van der Waals surface area contributed by atoms with Crippen LogP contribution in [-0.2, 0) is 4.79 Å². The van der Waals surface area contributed by atoms with Crippen molar-refractivity contribution in [1.29, 1.82) is 0 Å². The van der Waals surface area contributed by atoms with Crippen LogP contribution in [0.5, 0.6) is 0 Å². The number of likely N-dealkylation sites (N-methyl/N-ethyl adjacent to an activating group) is 1. The Bertz CT molecular complexity index is 242. The summed E-state index contributed by atoms with van der Waals surface area (Å²) in [5.74, 6) is -0.414. The zero-order chi connectivity index (χ0) is 10.7. The molecule has 0 aromatic carbocycles. The minimum atomic E-state index is -0.995. The lowest BCUT2D eigenvalue weighted by atomic mass is 10.3. The van der Waals surface area contributed by atoms with Crippen molar-refractivity contribution < 1.29 is 14.7 Å². The molecule has 5 heteroatoms. The van der Waals surface area contributed by atoms with Crippen LogP contribution in [0.25, 0.3) is 0 Å². The Hall–Kier alpha value is -1.26. The lowest BCUT2D eigenvalue weighted by molar-refractivity contribution is -0.137. The molecular weight excluding hydrogens is 184 g/mol. The molecule has 2 unspecified atom stereocenters. The molecule has 0 aromatic rings. The molecule has 0 aliphatic heterocycles. The Balaban J connectivity index is 2.25.